The number of rotatable bonds is 8. The molecule has 1 rings (SSSR count). The Morgan fingerprint density at radius 2 is 1.65 bits per heavy atom. The van der Waals surface area contributed by atoms with Gasteiger partial charge in [0.2, 0.25) is 5.91 Å². The number of carbonyl (C=O) groups is 3. The van der Waals surface area contributed by atoms with Gasteiger partial charge in [0, 0.05) is 0 Å². The van der Waals surface area contributed by atoms with Crippen LogP contribution in [0.3, 0.4) is 0 Å². The highest BCUT2D eigenvalue weighted by atomic mass is 16.5. The van der Waals surface area contributed by atoms with E-state index in [1.165, 1.54) is 14.0 Å². The lowest BCUT2D eigenvalue weighted by molar-refractivity contribution is -0.147. The largest absolute Gasteiger partial charge is 0.467 e. The summed E-state index contributed by atoms with van der Waals surface area (Å²) >= 11 is 0. The third kappa shape index (κ3) is 6.72. The van der Waals surface area contributed by atoms with E-state index in [-0.39, 0.29) is 12.5 Å². The van der Waals surface area contributed by atoms with Crippen molar-refractivity contribution in [2.75, 3.05) is 7.11 Å². The van der Waals surface area contributed by atoms with Gasteiger partial charge in [0.1, 0.15) is 18.7 Å². The van der Waals surface area contributed by atoms with Crippen molar-refractivity contribution in [1.82, 2.24) is 10.6 Å². The van der Waals surface area contributed by atoms with Crippen molar-refractivity contribution >= 4 is 18.0 Å². The summed E-state index contributed by atoms with van der Waals surface area (Å²) in [5, 5.41) is 14.6. The number of esters is 1. The second-order valence-corrected chi connectivity index (χ2v) is 6.18. The molecule has 0 bridgehead atoms. The van der Waals surface area contributed by atoms with E-state index in [1.807, 2.05) is 18.2 Å². The zero-order chi connectivity index (χ0) is 19.7. The molecule has 0 fully saturated rings. The fourth-order valence-corrected chi connectivity index (χ4v) is 2.16. The van der Waals surface area contributed by atoms with E-state index in [0.717, 1.165) is 5.56 Å². The number of aliphatic hydroxyl groups excluding tert-OH is 1. The predicted molar refractivity (Wildman–Crippen MR) is 94.0 cm³/mol. The van der Waals surface area contributed by atoms with Gasteiger partial charge in [-0.15, -0.1) is 0 Å². The molecule has 0 heterocycles. The molecule has 0 radical (unpaired) electrons. The van der Waals surface area contributed by atoms with Crippen LogP contribution in [0.25, 0.3) is 0 Å². The SMILES string of the molecule is COC(=O)[C@@H](NC(=O)[C@H](NC(=O)OCc1ccccc1)[C@@H](C)O)C(C)C. The van der Waals surface area contributed by atoms with E-state index in [9.17, 15) is 19.5 Å². The van der Waals surface area contributed by atoms with E-state index >= 15 is 0 Å². The monoisotopic (exact) mass is 366 g/mol. The number of methoxy groups -OCH3 is 1. The summed E-state index contributed by atoms with van der Waals surface area (Å²) in [5.74, 6) is -1.55. The smallest absolute Gasteiger partial charge is 0.408 e. The van der Waals surface area contributed by atoms with Crippen LogP contribution in [-0.2, 0) is 25.7 Å². The maximum Gasteiger partial charge on any atom is 0.408 e. The molecule has 8 nitrogen and oxygen atoms in total. The molecule has 0 unspecified atom stereocenters. The Hall–Kier alpha value is -2.61. The zero-order valence-corrected chi connectivity index (χ0v) is 15.4. The topological polar surface area (TPSA) is 114 Å². The lowest BCUT2D eigenvalue weighted by atomic mass is 10.0. The summed E-state index contributed by atoms with van der Waals surface area (Å²) in [6.45, 7) is 4.85. The zero-order valence-electron chi connectivity index (χ0n) is 15.4. The first-order chi connectivity index (χ1) is 12.3. The summed E-state index contributed by atoms with van der Waals surface area (Å²) in [6.07, 6.45) is -2.04. The fourth-order valence-electron chi connectivity index (χ4n) is 2.16. The van der Waals surface area contributed by atoms with Crippen molar-refractivity contribution in [3.8, 4) is 0 Å². The normalized spacial score (nSPS) is 14.1. The molecule has 0 aliphatic heterocycles. The third-order valence-electron chi connectivity index (χ3n) is 3.67. The quantitative estimate of drug-likeness (QED) is 0.591. The molecular weight excluding hydrogens is 340 g/mol. The summed E-state index contributed by atoms with van der Waals surface area (Å²) in [6, 6.07) is 6.86. The Balaban J connectivity index is 2.67. The van der Waals surface area contributed by atoms with Crippen LogP contribution in [0.4, 0.5) is 4.79 Å². The van der Waals surface area contributed by atoms with Crippen molar-refractivity contribution in [3.63, 3.8) is 0 Å². The first kappa shape index (κ1) is 21.4. The Morgan fingerprint density at radius 3 is 2.15 bits per heavy atom. The molecule has 1 aromatic rings. The van der Waals surface area contributed by atoms with Crippen LogP contribution in [-0.4, -0.2) is 48.4 Å². The summed E-state index contributed by atoms with van der Waals surface area (Å²) < 4.78 is 9.70. The molecule has 0 aliphatic carbocycles. The van der Waals surface area contributed by atoms with E-state index in [4.69, 9.17) is 4.74 Å². The standard InChI is InChI=1S/C18H26N2O6/c1-11(2)14(17(23)25-4)19-16(22)15(12(3)21)20-18(24)26-10-13-8-6-5-7-9-13/h5-9,11-12,14-15,21H,10H2,1-4H3,(H,19,22)(H,20,24)/t12-,14+,15-/m1/s1. The van der Waals surface area contributed by atoms with Crippen molar-refractivity contribution in [2.45, 2.75) is 45.6 Å². The average molecular weight is 366 g/mol. The molecule has 0 aromatic heterocycles. The van der Waals surface area contributed by atoms with Gasteiger partial charge >= 0.3 is 12.1 Å². The lowest BCUT2D eigenvalue weighted by Gasteiger charge is -2.25. The molecule has 0 aliphatic rings. The number of ether oxygens (including phenoxy) is 2. The van der Waals surface area contributed by atoms with Crippen LogP contribution in [0, 0.1) is 5.92 Å². The van der Waals surface area contributed by atoms with Crippen LogP contribution < -0.4 is 10.6 Å². The third-order valence-corrected chi connectivity index (χ3v) is 3.67. The highest BCUT2D eigenvalue weighted by Gasteiger charge is 2.31. The molecule has 1 aromatic carbocycles. The van der Waals surface area contributed by atoms with Crippen LogP contribution in [0.2, 0.25) is 0 Å². The van der Waals surface area contributed by atoms with E-state index in [1.54, 1.807) is 26.0 Å². The average Bonchev–Trinajstić information content (AvgIpc) is 2.61. The number of benzene rings is 1. The van der Waals surface area contributed by atoms with Gasteiger partial charge in [-0.2, -0.15) is 0 Å². The first-order valence-corrected chi connectivity index (χ1v) is 8.29. The minimum Gasteiger partial charge on any atom is -0.467 e. The van der Waals surface area contributed by atoms with Gasteiger partial charge in [0.25, 0.3) is 0 Å². The van der Waals surface area contributed by atoms with Crippen LogP contribution in [0.1, 0.15) is 26.3 Å². The predicted octanol–water partition coefficient (Wildman–Crippen LogP) is 0.976. The molecule has 144 valence electrons. The number of nitrogens with one attached hydrogen (secondary N) is 2. The van der Waals surface area contributed by atoms with Gasteiger partial charge in [-0.05, 0) is 18.4 Å². The number of aliphatic hydroxyl groups is 1. The van der Waals surface area contributed by atoms with Crippen LogP contribution in [0.15, 0.2) is 30.3 Å². The minimum absolute atomic E-state index is 0.0254. The summed E-state index contributed by atoms with van der Waals surface area (Å²) in [7, 11) is 1.22. The maximum absolute atomic E-state index is 12.4. The van der Waals surface area contributed by atoms with Crippen molar-refractivity contribution in [3.05, 3.63) is 35.9 Å². The van der Waals surface area contributed by atoms with Gasteiger partial charge < -0.3 is 25.2 Å². The molecule has 0 saturated carbocycles. The number of alkyl carbamates (subject to hydrolysis) is 1. The Kier molecular flexibility index (Phi) is 8.57. The molecule has 26 heavy (non-hydrogen) atoms. The molecule has 0 saturated heterocycles. The van der Waals surface area contributed by atoms with Gasteiger partial charge in [-0.3, -0.25) is 4.79 Å². The van der Waals surface area contributed by atoms with Gasteiger partial charge in [-0.25, -0.2) is 9.59 Å². The Bertz CT molecular complexity index is 603. The number of hydrogen-bond donors (Lipinski definition) is 3. The van der Waals surface area contributed by atoms with E-state index in [0.29, 0.717) is 0 Å². The van der Waals surface area contributed by atoms with Gasteiger partial charge in [-0.1, -0.05) is 44.2 Å². The van der Waals surface area contributed by atoms with Crippen molar-refractivity contribution in [2.24, 2.45) is 5.92 Å². The second-order valence-electron chi connectivity index (χ2n) is 6.18. The van der Waals surface area contributed by atoms with E-state index in [2.05, 4.69) is 15.4 Å². The molecule has 3 N–H and O–H groups in total. The minimum atomic E-state index is -1.27. The van der Waals surface area contributed by atoms with Gasteiger partial charge in [0.05, 0.1) is 13.2 Å². The number of carbonyl (C=O) groups excluding carboxylic acids is 3. The highest BCUT2D eigenvalue weighted by molar-refractivity contribution is 5.90. The molecule has 8 heteroatoms. The molecule has 3 atom stereocenters. The van der Waals surface area contributed by atoms with Gasteiger partial charge in [0.15, 0.2) is 0 Å². The molecule has 0 spiro atoms. The first-order valence-electron chi connectivity index (χ1n) is 8.29. The summed E-state index contributed by atoms with van der Waals surface area (Å²) in [5.41, 5.74) is 0.784. The van der Waals surface area contributed by atoms with Crippen molar-refractivity contribution in [1.29, 1.82) is 0 Å². The Labute approximate surface area is 152 Å². The number of amides is 2. The van der Waals surface area contributed by atoms with Crippen molar-refractivity contribution < 1.29 is 29.0 Å². The molecule has 2 amide bonds. The Morgan fingerprint density at radius 1 is 1.04 bits per heavy atom. The lowest BCUT2D eigenvalue weighted by Crippen LogP contribution is -2.57. The van der Waals surface area contributed by atoms with Crippen LogP contribution in [0.5, 0.6) is 0 Å². The highest BCUT2D eigenvalue weighted by Crippen LogP contribution is 2.06. The summed E-state index contributed by atoms with van der Waals surface area (Å²) in [4.78, 5) is 36.1. The maximum atomic E-state index is 12.4. The van der Waals surface area contributed by atoms with Crippen LogP contribution >= 0.6 is 0 Å². The number of hydrogen-bond acceptors (Lipinski definition) is 6. The molecular formula is C18H26N2O6. The fraction of sp³-hybridized carbons (Fsp3) is 0.500. The second kappa shape index (κ2) is 10.4. The van der Waals surface area contributed by atoms with E-state index < -0.39 is 36.2 Å².